The van der Waals surface area contributed by atoms with E-state index in [-0.39, 0.29) is 16.9 Å². The number of fused-ring (bicyclic) bond motifs is 2. The summed E-state index contributed by atoms with van der Waals surface area (Å²) < 4.78 is 40.7. The molecule has 0 spiro atoms. The first kappa shape index (κ1) is 18.0. The lowest BCUT2D eigenvalue weighted by Gasteiger charge is -2.22. The molecule has 4 rings (SSSR count). The largest absolute Gasteiger partial charge is 0.433 e. The highest BCUT2D eigenvalue weighted by Crippen LogP contribution is 2.34. The number of para-hydroxylation sites is 2. The van der Waals surface area contributed by atoms with Gasteiger partial charge in [0.25, 0.3) is 0 Å². The third kappa shape index (κ3) is 3.20. The molecule has 0 aliphatic carbocycles. The Morgan fingerprint density at radius 1 is 1.15 bits per heavy atom. The molecule has 3 heterocycles. The zero-order valence-corrected chi connectivity index (χ0v) is 15.4. The van der Waals surface area contributed by atoms with Crippen molar-refractivity contribution in [3.63, 3.8) is 0 Å². The first-order valence-corrected chi connectivity index (χ1v) is 9.45. The van der Waals surface area contributed by atoms with Crippen LogP contribution < -0.4 is 10.7 Å². The number of aromatic nitrogens is 3. The highest BCUT2D eigenvalue weighted by atomic mass is 32.2. The summed E-state index contributed by atoms with van der Waals surface area (Å²) in [5.41, 5.74) is -0.161. The summed E-state index contributed by atoms with van der Waals surface area (Å²) in [6, 6.07) is 8.19. The fraction of sp³-hybridized carbons (Fsp3) is 0.333. The minimum Gasteiger partial charge on any atom is -0.328 e. The zero-order valence-electron chi connectivity index (χ0n) is 14.6. The van der Waals surface area contributed by atoms with Gasteiger partial charge in [0.2, 0.25) is 0 Å². The van der Waals surface area contributed by atoms with Crippen molar-refractivity contribution in [1.29, 1.82) is 0 Å². The highest BCUT2D eigenvalue weighted by molar-refractivity contribution is 7.99. The van der Waals surface area contributed by atoms with Gasteiger partial charge in [0, 0.05) is 7.05 Å². The van der Waals surface area contributed by atoms with Gasteiger partial charge in [-0.15, -0.1) is 11.8 Å². The van der Waals surface area contributed by atoms with E-state index in [1.807, 2.05) is 31.2 Å². The lowest BCUT2D eigenvalue weighted by molar-refractivity contribution is -0.141. The van der Waals surface area contributed by atoms with Crippen molar-refractivity contribution in [1.82, 2.24) is 14.5 Å². The van der Waals surface area contributed by atoms with Crippen LogP contribution in [-0.2, 0) is 13.2 Å². The maximum Gasteiger partial charge on any atom is 0.433 e. The monoisotopic (exact) mass is 391 g/mol. The average molecular weight is 391 g/mol. The molecule has 5 nitrogen and oxygen atoms in total. The number of hydrogen-bond acceptors (Lipinski definition) is 5. The number of aryl methyl sites for hydroxylation is 1. The zero-order chi connectivity index (χ0) is 19.2. The van der Waals surface area contributed by atoms with Crippen molar-refractivity contribution in [2.45, 2.75) is 24.5 Å². The quantitative estimate of drug-likeness (QED) is 0.690. The predicted molar refractivity (Wildman–Crippen MR) is 96.9 cm³/mol. The summed E-state index contributed by atoms with van der Waals surface area (Å²) >= 11 is 1.64. The second-order valence-electron chi connectivity index (χ2n) is 6.12. The molecule has 1 aliphatic heterocycles. The van der Waals surface area contributed by atoms with E-state index in [1.165, 1.54) is 6.20 Å². The summed E-state index contributed by atoms with van der Waals surface area (Å²) in [6.45, 7) is 2.03. The Hall–Kier alpha value is -2.42. The van der Waals surface area contributed by atoms with Crippen molar-refractivity contribution >= 4 is 22.8 Å². The minimum atomic E-state index is -4.50. The molecule has 2 aromatic heterocycles. The van der Waals surface area contributed by atoms with Gasteiger partial charge in [0.1, 0.15) is 22.9 Å². The van der Waals surface area contributed by atoms with Crippen LogP contribution in [0.3, 0.4) is 0 Å². The van der Waals surface area contributed by atoms with Gasteiger partial charge in [-0.05, 0) is 24.0 Å². The number of halogens is 3. The molecule has 3 aromatic rings. The Labute approximate surface area is 157 Å². The van der Waals surface area contributed by atoms with Crippen molar-refractivity contribution < 1.29 is 13.2 Å². The van der Waals surface area contributed by atoms with Gasteiger partial charge < -0.3 is 4.57 Å². The van der Waals surface area contributed by atoms with Crippen LogP contribution in [0.1, 0.15) is 24.5 Å². The minimum absolute atomic E-state index is 0.185. The molecule has 0 fully saturated rings. The Bertz CT molecular complexity index is 1120. The molecule has 2 atom stereocenters. The van der Waals surface area contributed by atoms with Gasteiger partial charge >= 0.3 is 6.18 Å². The van der Waals surface area contributed by atoms with Crippen LogP contribution in [0.5, 0.6) is 0 Å². The molecule has 0 radical (unpaired) electrons. The summed E-state index contributed by atoms with van der Waals surface area (Å²) in [5.74, 6) is 1.42. The van der Waals surface area contributed by atoms with E-state index >= 15 is 0 Å². The van der Waals surface area contributed by atoms with Gasteiger partial charge in [-0.2, -0.15) is 13.2 Å². The second-order valence-corrected chi connectivity index (χ2v) is 7.52. The van der Waals surface area contributed by atoms with Crippen LogP contribution in [0, 0.1) is 0 Å². The number of thioether (sulfide) groups is 1. The summed E-state index contributed by atoms with van der Waals surface area (Å²) in [7, 11) is 1.77. The standard InChI is InChI=1S/C18H16F3N5S/c1-3-27-17-15(23-10-6-4-5-7-11(10)25-17)16-24-12-8-14(18(19,20)21)22-9-13(12)26(16)2/h4-9,15,17H,3H2,1-2H3. The Balaban J connectivity index is 1.87. The van der Waals surface area contributed by atoms with Crippen LogP contribution in [0.15, 0.2) is 46.5 Å². The Morgan fingerprint density at radius 3 is 2.52 bits per heavy atom. The molecule has 2 unspecified atom stereocenters. The van der Waals surface area contributed by atoms with Crippen LogP contribution >= 0.6 is 11.8 Å². The van der Waals surface area contributed by atoms with E-state index in [4.69, 9.17) is 9.98 Å². The number of alkyl halides is 3. The molecule has 140 valence electrons. The maximum atomic E-state index is 13.0. The predicted octanol–water partition coefficient (Wildman–Crippen LogP) is 3.06. The van der Waals surface area contributed by atoms with Crippen molar-refractivity contribution in [2.24, 2.45) is 17.0 Å². The molecular formula is C18H16F3N5S. The molecule has 9 heteroatoms. The molecule has 27 heavy (non-hydrogen) atoms. The smallest absolute Gasteiger partial charge is 0.328 e. The number of benzene rings is 1. The summed E-state index contributed by atoms with van der Waals surface area (Å²) in [6.07, 6.45) is -3.29. The van der Waals surface area contributed by atoms with Gasteiger partial charge in [-0.1, -0.05) is 19.1 Å². The Morgan fingerprint density at radius 2 is 1.85 bits per heavy atom. The van der Waals surface area contributed by atoms with Gasteiger partial charge in [-0.25, -0.2) is 9.97 Å². The van der Waals surface area contributed by atoms with E-state index in [1.54, 1.807) is 23.4 Å². The topological polar surface area (TPSA) is 55.4 Å². The molecule has 1 aromatic carbocycles. The van der Waals surface area contributed by atoms with E-state index in [0.717, 1.165) is 22.5 Å². The number of nitrogens with zero attached hydrogens (tertiary/aromatic N) is 5. The maximum absolute atomic E-state index is 13.0. The average Bonchev–Trinajstić information content (AvgIpc) is 2.97. The molecule has 0 N–H and O–H groups in total. The third-order valence-electron chi connectivity index (χ3n) is 4.39. The lowest BCUT2D eigenvalue weighted by atomic mass is 10.2. The van der Waals surface area contributed by atoms with Crippen molar-refractivity contribution in [2.75, 3.05) is 5.75 Å². The molecule has 0 amide bonds. The van der Waals surface area contributed by atoms with Crippen LogP contribution in [0.2, 0.25) is 0 Å². The molecular weight excluding hydrogens is 375 g/mol. The van der Waals surface area contributed by atoms with E-state index < -0.39 is 11.9 Å². The number of hydrogen-bond donors (Lipinski definition) is 0. The summed E-state index contributed by atoms with van der Waals surface area (Å²) in [5, 5.41) is 1.39. The van der Waals surface area contributed by atoms with Gasteiger partial charge in [0.15, 0.2) is 0 Å². The van der Waals surface area contributed by atoms with Gasteiger partial charge in [0.05, 0.1) is 27.9 Å². The summed E-state index contributed by atoms with van der Waals surface area (Å²) in [4.78, 5) is 17.6. The van der Waals surface area contributed by atoms with E-state index in [2.05, 4.69) is 9.97 Å². The van der Waals surface area contributed by atoms with Crippen LogP contribution in [0.4, 0.5) is 13.2 Å². The first-order chi connectivity index (χ1) is 12.9. The number of pyridine rings is 1. The normalized spacial score (nSPS) is 19.4. The Kier molecular flexibility index (Phi) is 4.41. The highest BCUT2D eigenvalue weighted by Gasteiger charge is 2.34. The fourth-order valence-electron chi connectivity index (χ4n) is 3.12. The lowest BCUT2D eigenvalue weighted by Crippen LogP contribution is -2.35. The number of imidazole rings is 1. The third-order valence-corrected chi connectivity index (χ3v) is 5.43. The SMILES string of the molecule is CCSC1N=c2ccccc2=NC1c1nc2cc(C(F)(F)F)ncc2n1C. The van der Waals surface area contributed by atoms with Crippen LogP contribution in [0.25, 0.3) is 11.0 Å². The number of rotatable bonds is 3. The van der Waals surface area contributed by atoms with Crippen molar-refractivity contribution in [3.05, 3.63) is 58.8 Å². The van der Waals surface area contributed by atoms with E-state index in [0.29, 0.717) is 11.3 Å². The first-order valence-electron chi connectivity index (χ1n) is 8.40. The van der Waals surface area contributed by atoms with Crippen molar-refractivity contribution in [3.8, 4) is 0 Å². The fourth-order valence-corrected chi connectivity index (χ4v) is 4.01. The molecule has 1 aliphatic rings. The van der Waals surface area contributed by atoms with Crippen LogP contribution in [-0.4, -0.2) is 25.7 Å². The molecule has 0 saturated carbocycles. The van der Waals surface area contributed by atoms with Gasteiger partial charge in [-0.3, -0.25) is 9.98 Å². The molecule has 0 saturated heterocycles. The van der Waals surface area contributed by atoms with E-state index in [9.17, 15) is 13.2 Å². The molecule has 0 bridgehead atoms. The second kappa shape index (κ2) is 6.63.